The average molecular weight is 516 g/mol. The topological polar surface area (TPSA) is 67.1 Å². The molecule has 0 amide bonds. The number of nitrogens with one attached hydrogen (secondary N) is 2. The monoisotopic (exact) mass is 516 g/mol. The van der Waals surface area contributed by atoms with Gasteiger partial charge in [0.1, 0.15) is 12.4 Å². The van der Waals surface area contributed by atoms with Crippen molar-refractivity contribution in [3.05, 3.63) is 34.0 Å². The second kappa shape index (κ2) is 11.1. The van der Waals surface area contributed by atoms with E-state index in [9.17, 15) is 0 Å². The third kappa shape index (κ3) is 6.43. The molecule has 1 fully saturated rings. The lowest BCUT2D eigenvalue weighted by Gasteiger charge is -2.32. The normalized spacial score (nSPS) is 20.1. The molecular formula is C20H33IN6S. The standard InChI is InChI=1S/C20H32N6S.HI/c1-14(2)16-7-9-17(10-8-16)23-20(21-12-18-6-5-11-27-18)22-13-19-25-24-15(3)26(19)4;/h5-6,11,14,16-17H,7-10,12-13H2,1-4H3,(H2,21,22,23);1H. The highest BCUT2D eigenvalue weighted by atomic mass is 127. The summed E-state index contributed by atoms with van der Waals surface area (Å²) >= 11 is 1.76. The highest BCUT2D eigenvalue weighted by Gasteiger charge is 2.23. The lowest BCUT2D eigenvalue weighted by molar-refractivity contribution is 0.250. The number of aliphatic imine (C=N–C) groups is 1. The molecule has 0 unspecified atom stereocenters. The van der Waals surface area contributed by atoms with Gasteiger partial charge in [-0.15, -0.1) is 45.5 Å². The highest BCUT2D eigenvalue weighted by Crippen LogP contribution is 2.29. The second-order valence-corrected chi connectivity index (χ2v) is 8.85. The minimum absolute atomic E-state index is 0. The number of nitrogens with zero attached hydrogens (tertiary/aromatic N) is 4. The summed E-state index contributed by atoms with van der Waals surface area (Å²) in [7, 11) is 1.99. The fourth-order valence-corrected chi connectivity index (χ4v) is 4.24. The van der Waals surface area contributed by atoms with Crippen LogP contribution in [0.4, 0.5) is 0 Å². The van der Waals surface area contributed by atoms with Crippen LogP contribution < -0.4 is 10.6 Å². The molecule has 0 radical (unpaired) electrons. The number of halogens is 1. The van der Waals surface area contributed by atoms with Crippen LogP contribution in [0, 0.1) is 18.8 Å². The SMILES string of the molecule is Cc1nnc(CN=C(NCc2cccs2)NC2CCC(C(C)C)CC2)n1C.I. The van der Waals surface area contributed by atoms with Gasteiger partial charge in [-0.2, -0.15) is 0 Å². The Bertz CT molecular complexity index is 732. The van der Waals surface area contributed by atoms with E-state index >= 15 is 0 Å². The Hall–Kier alpha value is -1.16. The Kier molecular flexibility index (Phi) is 9.20. The van der Waals surface area contributed by atoms with E-state index in [1.165, 1.54) is 30.6 Å². The Balaban J connectivity index is 0.00000280. The molecule has 2 aromatic heterocycles. The maximum atomic E-state index is 4.79. The smallest absolute Gasteiger partial charge is 0.192 e. The Morgan fingerprint density at radius 3 is 2.61 bits per heavy atom. The molecule has 0 bridgehead atoms. The van der Waals surface area contributed by atoms with E-state index in [4.69, 9.17) is 4.99 Å². The van der Waals surface area contributed by atoms with Crippen molar-refractivity contribution in [2.24, 2.45) is 23.9 Å². The van der Waals surface area contributed by atoms with Gasteiger partial charge < -0.3 is 15.2 Å². The number of thiophene rings is 1. The Labute approximate surface area is 189 Å². The summed E-state index contributed by atoms with van der Waals surface area (Å²) in [5.74, 6) is 4.32. The summed E-state index contributed by atoms with van der Waals surface area (Å²) in [6.45, 7) is 7.97. The van der Waals surface area contributed by atoms with E-state index in [0.29, 0.717) is 12.6 Å². The molecule has 0 atom stereocenters. The summed E-state index contributed by atoms with van der Waals surface area (Å²) in [4.78, 5) is 6.10. The van der Waals surface area contributed by atoms with Gasteiger partial charge in [-0.1, -0.05) is 19.9 Å². The summed E-state index contributed by atoms with van der Waals surface area (Å²) in [6, 6.07) is 4.73. The molecule has 28 heavy (non-hydrogen) atoms. The number of aromatic nitrogens is 3. The first-order valence-corrected chi connectivity index (χ1v) is 10.8. The van der Waals surface area contributed by atoms with Crippen molar-refractivity contribution < 1.29 is 0 Å². The van der Waals surface area contributed by atoms with Gasteiger partial charge in [-0.05, 0) is 55.9 Å². The number of hydrogen-bond acceptors (Lipinski definition) is 4. The molecule has 6 nitrogen and oxygen atoms in total. The third-order valence-corrected chi connectivity index (χ3v) is 6.50. The zero-order chi connectivity index (χ0) is 19.2. The molecule has 0 aromatic carbocycles. The fraction of sp³-hybridized carbons (Fsp3) is 0.650. The zero-order valence-electron chi connectivity index (χ0n) is 17.3. The quantitative estimate of drug-likeness (QED) is 0.342. The Morgan fingerprint density at radius 1 is 1.29 bits per heavy atom. The van der Waals surface area contributed by atoms with E-state index < -0.39 is 0 Å². The lowest BCUT2D eigenvalue weighted by Crippen LogP contribution is -2.45. The van der Waals surface area contributed by atoms with Gasteiger partial charge in [0.2, 0.25) is 0 Å². The van der Waals surface area contributed by atoms with Crippen molar-refractivity contribution in [2.45, 2.75) is 65.6 Å². The number of aryl methyl sites for hydroxylation is 1. The summed E-state index contributed by atoms with van der Waals surface area (Å²) < 4.78 is 1.99. The van der Waals surface area contributed by atoms with Crippen molar-refractivity contribution in [2.75, 3.05) is 0 Å². The van der Waals surface area contributed by atoms with Crippen LogP contribution in [0.15, 0.2) is 22.5 Å². The Morgan fingerprint density at radius 2 is 2.04 bits per heavy atom. The van der Waals surface area contributed by atoms with Gasteiger partial charge in [0.15, 0.2) is 11.8 Å². The van der Waals surface area contributed by atoms with Gasteiger partial charge in [-0.3, -0.25) is 0 Å². The molecule has 2 heterocycles. The van der Waals surface area contributed by atoms with Crippen molar-refractivity contribution >= 4 is 41.3 Å². The summed E-state index contributed by atoms with van der Waals surface area (Å²) in [5.41, 5.74) is 0. The first-order chi connectivity index (χ1) is 13.0. The first kappa shape index (κ1) is 23.1. The van der Waals surface area contributed by atoms with E-state index in [1.54, 1.807) is 11.3 Å². The van der Waals surface area contributed by atoms with E-state index in [2.05, 4.69) is 52.2 Å². The minimum atomic E-state index is 0. The van der Waals surface area contributed by atoms with Gasteiger partial charge in [-0.25, -0.2) is 4.99 Å². The molecule has 2 aromatic rings. The third-order valence-electron chi connectivity index (χ3n) is 5.63. The molecule has 156 valence electrons. The van der Waals surface area contributed by atoms with E-state index in [-0.39, 0.29) is 24.0 Å². The van der Waals surface area contributed by atoms with Crippen LogP contribution in [-0.2, 0) is 20.1 Å². The minimum Gasteiger partial charge on any atom is -0.354 e. The van der Waals surface area contributed by atoms with Gasteiger partial charge in [0.05, 0.1) is 6.54 Å². The fourth-order valence-electron chi connectivity index (χ4n) is 3.60. The predicted molar refractivity (Wildman–Crippen MR) is 127 cm³/mol. The highest BCUT2D eigenvalue weighted by molar-refractivity contribution is 14.0. The van der Waals surface area contributed by atoms with Crippen LogP contribution >= 0.6 is 35.3 Å². The van der Waals surface area contributed by atoms with Crippen LogP contribution in [0.25, 0.3) is 0 Å². The van der Waals surface area contributed by atoms with Gasteiger partial charge in [0.25, 0.3) is 0 Å². The molecule has 2 N–H and O–H groups in total. The van der Waals surface area contributed by atoms with Crippen LogP contribution in [0.3, 0.4) is 0 Å². The van der Waals surface area contributed by atoms with Crippen LogP contribution in [0.1, 0.15) is 56.1 Å². The largest absolute Gasteiger partial charge is 0.354 e. The molecule has 0 spiro atoms. The second-order valence-electron chi connectivity index (χ2n) is 7.82. The molecule has 3 rings (SSSR count). The van der Waals surface area contributed by atoms with Crippen LogP contribution in [0.5, 0.6) is 0 Å². The first-order valence-electron chi connectivity index (χ1n) is 9.95. The molecule has 1 saturated carbocycles. The van der Waals surface area contributed by atoms with Gasteiger partial charge in [0, 0.05) is 18.0 Å². The molecule has 0 saturated heterocycles. The van der Waals surface area contributed by atoms with Crippen LogP contribution in [-0.4, -0.2) is 26.8 Å². The van der Waals surface area contributed by atoms with Crippen molar-refractivity contribution in [3.8, 4) is 0 Å². The van der Waals surface area contributed by atoms with E-state index in [0.717, 1.165) is 36.0 Å². The van der Waals surface area contributed by atoms with Crippen molar-refractivity contribution in [3.63, 3.8) is 0 Å². The molecule has 1 aliphatic carbocycles. The van der Waals surface area contributed by atoms with Crippen molar-refractivity contribution in [1.82, 2.24) is 25.4 Å². The van der Waals surface area contributed by atoms with Crippen LogP contribution in [0.2, 0.25) is 0 Å². The maximum Gasteiger partial charge on any atom is 0.192 e. The predicted octanol–water partition coefficient (Wildman–Crippen LogP) is 4.25. The molecule has 8 heteroatoms. The zero-order valence-corrected chi connectivity index (χ0v) is 20.5. The van der Waals surface area contributed by atoms with Crippen molar-refractivity contribution in [1.29, 1.82) is 0 Å². The molecular weight excluding hydrogens is 483 g/mol. The van der Waals surface area contributed by atoms with Gasteiger partial charge >= 0.3 is 0 Å². The lowest BCUT2D eigenvalue weighted by atomic mass is 9.80. The maximum absolute atomic E-state index is 4.79. The average Bonchev–Trinajstić information content (AvgIpc) is 3.29. The summed E-state index contributed by atoms with van der Waals surface area (Å²) in [5, 5.41) is 17.6. The molecule has 1 aliphatic rings. The summed E-state index contributed by atoms with van der Waals surface area (Å²) in [6.07, 6.45) is 5.03. The number of rotatable bonds is 6. The molecule has 0 aliphatic heterocycles. The number of guanidine groups is 1. The number of hydrogen-bond donors (Lipinski definition) is 2. The van der Waals surface area contributed by atoms with E-state index in [1.807, 2.05) is 18.5 Å².